The number of likely N-dealkylation sites (N-methyl/N-ethyl adjacent to an activating group) is 1. The summed E-state index contributed by atoms with van der Waals surface area (Å²) in [5.74, 6) is 0. The van der Waals surface area contributed by atoms with Crippen LogP contribution in [0, 0.1) is 0 Å². The predicted molar refractivity (Wildman–Crippen MR) is 68.2 cm³/mol. The van der Waals surface area contributed by atoms with Gasteiger partial charge in [-0.15, -0.1) is 0 Å². The van der Waals surface area contributed by atoms with Crippen LogP contribution in [0.25, 0.3) is 5.57 Å². The summed E-state index contributed by atoms with van der Waals surface area (Å²) in [5.41, 5.74) is 6.08. The van der Waals surface area contributed by atoms with E-state index in [2.05, 4.69) is 62.3 Å². The second-order valence-electron chi connectivity index (χ2n) is 5.29. The Balaban J connectivity index is 2.24. The minimum Gasteiger partial charge on any atom is -0.376 e. The molecule has 3 rings (SSSR count). The Morgan fingerprint density at radius 1 is 1.19 bits per heavy atom. The third kappa shape index (κ3) is 1.12. The molecule has 16 heavy (non-hydrogen) atoms. The number of nitrogens with zero attached hydrogens (tertiary/aromatic N) is 1. The van der Waals surface area contributed by atoms with Crippen molar-refractivity contribution in [1.29, 1.82) is 0 Å². The zero-order chi connectivity index (χ0) is 11.3. The largest absolute Gasteiger partial charge is 0.376 e. The van der Waals surface area contributed by atoms with Gasteiger partial charge in [0.2, 0.25) is 0 Å². The standard InChI is InChI=1S/C15H17N/c1-15(2)13-7-5-4-6-11(13)12-10-16(3)9-8-14(12)15/h4-9H,10H2,1-3H3. The van der Waals surface area contributed by atoms with Gasteiger partial charge in [0.15, 0.2) is 0 Å². The molecule has 0 radical (unpaired) electrons. The van der Waals surface area contributed by atoms with Crippen molar-refractivity contribution >= 4 is 5.57 Å². The van der Waals surface area contributed by atoms with Gasteiger partial charge >= 0.3 is 0 Å². The van der Waals surface area contributed by atoms with Crippen LogP contribution in [0.5, 0.6) is 0 Å². The van der Waals surface area contributed by atoms with E-state index in [1.807, 2.05) is 0 Å². The van der Waals surface area contributed by atoms with Crippen LogP contribution in [0.2, 0.25) is 0 Å². The van der Waals surface area contributed by atoms with E-state index in [4.69, 9.17) is 0 Å². The molecule has 1 nitrogen and oxygen atoms in total. The first kappa shape index (κ1) is 9.71. The fraction of sp³-hybridized carbons (Fsp3) is 0.333. The maximum Gasteiger partial charge on any atom is 0.0429 e. The number of fused-ring (bicyclic) bond motifs is 2. The summed E-state index contributed by atoms with van der Waals surface area (Å²) >= 11 is 0. The summed E-state index contributed by atoms with van der Waals surface area (Å²) in [4.78, 5) is 2.25. The second kappa shape index (κ2) is 3.00. The van der Waals surface area contributed by atoms with E-state index < -0.39 is 0 Å². The number of hydrogen-bond donors (Lipinski definition) is 0. The number of benzene rings is 1. The van der Waals surface area contributed by atoms with Gasteiger partial charge in [-0.05, 0) is 34.5 Å². The zero-order valence-corrected chi connectivity index (χ0v) is 10.1. The molecule has 0 bridgehead atoms. The molecule has 0 fully saturated rings. The van der Waals surface area contributed by atoms with Crippen LogP contribution in [-0.2, 0) is 5.41 Å². The van der Waals surface area contributed by atoms with Crippen molar-refractivity contribution in [3.8, 4) is 0 Å². The second-order valence-corrected chi connectivity index (χ2v) is 5.29. The summed E-state index contributed by atoms with van der Waals surface area (Å²) < 4.78 is 0. The zero-order valence-electron chi connectivity index (χ0n) is 10.1. The van der Waals surface area contributed by atoms with Gasteiger partial charge in [-0.25, -0.2) is 0 Å². The molecule has 0 atom stereocenters. The summed E-state index contributed by atoms with van der Waals surface area (Å²) in [7, 11) is 2.13. The Hall–Kier alpha value is -1.50. The first-order chi connectivity index (χ1) is 7.60. The van der Waals surface area contributed by atoms with E-state index in [0.717, 1.165) is 6.54 Å². The molecule has 0 unspecified atom stereocenters. The minimum absolute atomic E-state index is 0.170. The Kier molecular flexibility index (Phi) is 1.82. The van der Waals surface area contributed by atoms with Crippen LogP contribution >= 0.6 is 0 Å². The molecule has 1 aromatic carbocycles. The van der Waals surface area contributed by atoms with Crippen LogP contribution in [-0.4, -0.2) is 18.5 Å². The minimum atomic E-state index is 0.170. The van der Waals surface area contributed by atoms with Gasteiger partial charge in [-0.3, -0.25) is 0 Å². The Bertz CT molecular complexity index is 506. The average Bonchev–Trinajstić information content (AvgIpc) is 2.49. The van der Waals surface area contributed by atoms with Crippen LogP contribution < -0.4 is 0 Å². The molecule has 1 heteroatoms. The highest BCUT2D eigenvalue weighted by atomic mass is 15.1. The lowest BCUT2D eigenvalue weighted by molar-refractivity contribution is 0.506. The van der Waals surface area contributed by atoms with Crippen molar-refractivity contribution in [3.05, 3.63) is 53.2 Å². The Morgan fingerprint density at radius 3 is 2.75 bits per heavy atom. The molecule has 1 aromatic rings. The molecule has 0 aromatic heterocycles. The van der Waals surface area contributed by atoms with Crippen LogP contribution in [0.1, 0.15) is 25.0 Å². The molecule has 82 valence electrons. The summed E-state index contributed by atoms with van der Waals surface area (Å²) in [6.45, 7) is 5.68. The molecule has 1 aliphatic carbocycles. The van der Waals surface area contributed by atoms with Gasteiger partial charge in [-0.2, -0.15) is 0 Å². The molecule has 1 aliphatic heterocycles. The fourth-order valence-corrected chi connectivity index (χ4v) is 2.94. The lowest BCUT2D eigenvalue weighted by Gasteiger charge is -2.26. The van der Waals surface area contributed by atoms with E-state index in [-0.39, 0.29) is 5.41 Å². The first-order valence-electron chi connectivity index (χ1n) is 5.82. The van der Waals surface area contributed by atoms with Gasteiger partial charge in [0, 0.05) is 19.0 Å². The lowest BCUT2D eigenvalue weighted by Crippen LogP contribution is -2.21. The van der Waals surface area contributed by atoms with E-state index in [1.165, 1.54) is 22.3 Å². The fourth-order valence-electron chi connectivity index (χ4n) is 2.94. The quantitative estimate of drug-likeness (QED) is 0.637. The van der Waals surface area contributed by atoms with Crippen molar-refractivity contribution in [2.75, 3.05) is 13.6 Å². The van der Waals surface area contributed by atoms with Crippen LogP contribution in [0.4, 0.5) is 0 Å². The first-order valence-corrected chi connectivity index (χ1v) is 5.82. The molecule has 0 N–H and O–H groups in total. The van der Waals surface area contributed by atoms with Crippen molar-refractivity contribution in [1.82, 2.24) is 4.90 Å². The monoisotopic (exact) mass is 211 g/mol. The molecular formula is C15H17N. The van der Waals surface area contributed by atoms with Gasteiger partial charge in [0.25, 0.3) is 0 Å². The predicted octanol–water partition coefficient (Wildman–Crippen LogP) is 3.19. The molecule has 1 heterocycles. The number of allylic oxidation sites excluding steroid dienone is 2. The topological polar surface area (TPSA) is 3.24 Å². The van der Waals surface area contributed by atoms with Gasteiger partial charge in [0.1, 0.15) is 0 Å². The Labute approximate surface area is 97.1 Å². The van der Waals surface area contributed by atoms with Crippen LogP contribution in [0.3, 0.4) is 0 Å². The van der Waals surface area contributed by atoms with E-state index in [1.54, 1.807) is 0 Å². The van der Waals surface area contributed by atoms with Gasteiger partial charge < -0.3 is 4.90 Å². The summed E-state index contributed by atoms with van der Waals surface area (Å²) in [5, 5.41) is 0. The smallest absolute Gasteiger partial charge is 0.0429 e. The lowest BCUT2D eigenvalue weighted by atomic mass is 9.81. The molecule has 0 saturated heterocycles. The maximum absolute atomic E-state index is 2.32. The van der Waals surface area contributed by atoms with Crippen molar-refractivity contribution in [3.63, 3.8) is 0 Å². The van der Waals surface area contributed by atoms with E-state index in [0.29, 0.717) is 0 Å². The molecule has 0 spiro atoms. The average molecular weight is 211 g/mol. The molecule has 0 amide bonds. The highest BCUT2D eigenvalue weighted by Gasteiger charge is 2.37. The van der Waals surface area contributed by atoms with Gasteiger partial charge in [-0.1, -0.05) is 38.1 Å². The third-order valence-electron chi connectivity index (χ3n) is 3.83. The Morgan fingerprint density at radius 2 is 1.94 bits per heavy atom. The van der Waals surface area contributed by atoms with Crippen molar-refractivity contribution < 1.29 is 0 Å². The normalized spacial score (nSPS) is 21.1. The maximum atomic E-state index is 2.32. The molecule has 0 saturated carbocycles. The highest BCUT2D eigenvalue weighted by molar-refractivity contribution is 5.83. The summed E-state index contributed by atoms with van der Waals surface area (Å²) in [6, 6.07) is 8.81. The van der Waals surface area contributed by atoms with Crippen molar-refractivity contribution in [2.45, 2.75) is 19.3 Å². The molecule has 2 aliphatic rings. The van der Waals surface area contributed by atoms with E-state index >= 15 is 0 Å². The summed E-state index contributed by atoms with van der Waals surface area (Å²) in [6.07, 6.45) is 4.46. The number of rotatable bonds is 0. The SMILES string of the molecule is CN1C=CC2=C(C1)c1ccccc1C2(C)C. The third-order valence-corrected chi connectivity index (χ3v) is 3.83. The molecular weight excluding hydrogens is 194 g/mol. The van der Waals surface area contributed by atoms with Crippen molar-refractivity contribution in [2.24, 2.45) is 0 Å². The number of hydrogen-bond acceptors (Lipinski definition) is 1. The van der Waals surface area contributed by atoms with Gasteiger partial charge in [0.05, 0.1) is 0 Å². The van der Waals surface area contributed by atoms with Crippen LogP contribution in [0.15, 0.2) is 42.1 Å². The highest BCUT2D eigenvalue weighted by Crippen LogP contribution is 2.47. The van der Waals surface area contributed by atoms with E-state index in [9.17, 15) is 0 Å².